The van der Waals surface area contributed by atoms with Crippen LogP contribution in [0, 0.1) is 11.8 Å². The highest BCUT2D eigenvalue weighted by Crippen LogP contribution is 2.37. The number of ether oxygens (including phenoxy) is 1. The van der Waals surface area contributed by atoms with E-state index >= 15 is 0 Å². The summed E-state index contributed by atoms with van der Waals surface area (Å²) in [5, 5.41) is 3.37. The first-order valence-electron chi connectivity index (χ1n) is 8.93. The molecule has 1 aromatic carbocycles. The molecule has 0 spiro atoms. The topological polar surface area (TPSA) is 64.4 Å². The van der Waals surface area contributed by atoms with Gasteiger partial charge in [-0.15, -0.1) is 0 Å². The molecule has 0 unspecified atom stereocenters. The summed E-state index contributed by atoms with van der Waals surface area (Å²) in [5.41, 5.74) is 6.43. The molecule has 3 N–H and O–H groups in total. The Labute approximate surface area is 138 Å². The molecule has 1 heterocycles. The lowest BCUT2D eigenvalue weighted by Crippen LogP contribution is -2.44. The van der Waals surface area contributed by atoms with Gasteiger partial charge in [0.05, 0.1) is 5.92 Å². The summed E-state index contributed by atoms with van der Waals surface area (Å²) in [6.07, 6.45) is 5.64. The Morgan fingerprint density at radius 3 is 2.39 bits per heavy atom. The van der Waals surface area contributed by atoms with Crippen LogP contribution < -0.4 is 11.1 Å². The lowest BCUT2D eigenvalue weighted by Gasteiger charge is -2.39. The van der Waals surface area contributed by atoms with E-state index in [2.05, 4.69) is 17.4 Å². The maximum Gasteiger partial charge on any atom is 0.309 e. The molecule has 0 aromatic heterocycles. The number of hydrogen-bond acceptors (Lipinski definition) is 4. The number of carbonyl (C=O) groups is 1. The maximum absolute atomic E-state index is 12.8. The number of esters is 1. The Morgan fingerprint density at radius 1 is 1.13 bits per heavy atom. The van der Waals surface area contributed by atoms with E-state index in [1.54, 1.807) is 0 Å². The molecular weight excluding hydrogens is 288 g/mol. The molecule has 23 heavy (non-hydrogen) atoms. The molecule has 0 radical (unpaired) electrons. The standard InChI is InChI=1S/C19H28N2O2/c20-14-15-6-8-16(9-7-15)18(22)23-19(10-12-21-13-11-19)17-4-2-1-3-5-17/h1-5,15-16,21H,6-14,20H2. The van der Waals surface area contributed by atoms with Gasteiger partial charge in [0.25, 0.3) is 0 Å². The minimum atomic E-state index is -0.450. The van der Waals surface area contributed by atoms with E-state index in [0.717, 1.165) is 63.7 Å². The molecule has 1 saturated heterocycles. The molecule has 126 valence electrons. The van der Waals surface area contributed by atoms with Crippen LogP contribution in [-0.2, 0) is 15.1 Å². The van der Waals surface area contributed by atoms with E-state index in [1.807, 2.05) is 18.2 Å². The van der Waals surface area contributed by atoms with Crippen molar-refractivity contribution >= 4 is 5.97 Å². The Morgan fingerprint density at radius 2 is 1.78 bits per heavy atom. The highest BCUT2D eigenvalue weighted by atomic mass is 16.6. The molecule has 4 nitrogen and oxygen atoms in total. The van der Waals surface area contributed by atoms with Crippen molar-refractivity contribution < 1.29 is 9.53 Å². The van der Waals surface area contributed by atoms with Crippen molar-refractivity contribution in [2.24, 2.45) is 17.6 Å². The van der Waals surface area contributed by atoms with E-state index in [0.29, 0.717) is 5.92 Å². The summed E-state index contributed by atoms with van der Waals surface area (Å²) in [7, 11) is 0. The third-order valence-electron chi connectivity index (χ3n) is 5.52. The summed E-state index contributed by atoms with van der Waals surface area (Å²) in [4.78, 5) is 12.8. The zero-order chi connectivity index (χ0) is 16.1. The summed E-state index contributed by atoms with van der Waals surface area (Å²) < 4.78 is 6.16. The minimum absolute atomic E-state index is 0.00813. The number of benzene rings is 1. The van der Waals surface area contributed by atoms with Crippen molar-refractivity contribution in [1.29, 1.82) is 0 Å². The fourth-order valence-corrected chi connectivity index (χ4v) is 3.93. The van der Waals surface area contributed by atoms with Crippen LogP contribution in [0.25, 0.3) is 0 Å². The first kappa shape index (κ1) is 16.5. The molecule has 1 aliphatic carbocycles. The number of nitrogens with one attached hydrogen (secondary N) is 1. The highest BCUT2D eigenvalue weighted by Gasteiger charge is 2.39. The third-order valence-corrected chi connectivity index (χ3v) is 5.52. The quantitative estimate of drug-likeness (QED) is 0.838. The van der Waals surface area contributed by atoms with Gasteiger partial charge in [-0.3, -0.25) is 4.79 Å². The number of rotatable bonds is 4. The Kier molecular flexibility index (Phi) is 5.34. The van der Waals surface area contributed by atoms with Crippen LogP contribution in [0.15, 0.2) is 30.3 Å². The van der Waals surface area contributed by atoms with E-state index in [4.69, 9.17) is 10.5 Å². The molecule has 4 heteroatoms. The number of carbonyl (C=O) groups excluding carboxylic acids is 1. The average Bonchev–Trinajstić information content (AvgIpc) is 2.63. The lowest BCUT2D eigenvalue weighted by molar-refractivity contribution is -0.171. The number of nitrogens with two attached hydrogens (primary N) is 1. The maximum atomic E-state index is 12.8. The van der Waals surface area contributed by atoms with Crippen LogP contribution in [0.4, 0.5) is 0 Å². The van der Waals surface area contributed by atoms with E-state index in [1.165, 1.54) is 0 Å². The van der Waals surface area contributed by atoms with Gasteiger partial charge in [-0.25, -0.2) is 0 Å². The largest absolute Gasteiger partial charge is 0.454 e. The SMILES string of the molecule is NCC1CCC(C(=O)OC2(c3ccccc3)CCNCC2)CC1. The van der Waals surface area contributed by atoms with Gasteiger partial charge in [-0.2, -0.15) is 0 Å². The zero-order valence-electron chi connectivity index (χ0n) is 13.8. The van der Waals surface area contributed by atoms with Crippen molar-refractivity contribution in [3.05, 3.63) is 35.9 Å². The second-order valence-corrected chi connectivity index (χ2v) is 6.98. The third kappa shape index (κ3) is 3.75. The van der Waals surface area contributed by atoms with Crippen molar-refractivity contribution in [1.82, 2.24) is 5.32 Å². The summed E-state index contributed by atoms with van der Waals surface area (Å²) in [5.74, 6) is 0.625. The molecule has 0 atom stereocenters. The van der Waals surface area contributed by atoms with Crippen molar-refractivity contribution in [3.63, 3.8) is 0 Å². The van der Waals surface area contributed by atoms with E-state index < -0.39 is 5.60 Å². The number of hydrogen-bond donors (Lipinski definition) is 2. The van der Waals surface area contributed by atoms with Crippen molar-refractivity contribution in [2.75, 3.05) is 19.6 Å². The first-order valence-corrected chi connectivity index (χ1v) is 8.93. The second-order valence-electron chi connectivity index (χ2n) is 6.98. The second kappa shape index (κ2) is 7.45. The fraction of sp³-hybridized carbons (Fsp3) is 0.632. The van der Waals surface area contributed by atoms with E-state index in [-0.39, 0.29) is 11.9 Å². The Balaban J connectivity index is 1.70. The van der Waals surface area contributed by atoms with Gasteiger partial charge >= 0.3 is 5.97 Å². The summed E-state index contributed by atoms with van der Waals surface area (Å²) in [6.45, 7) is 2.52. The van der Waals surface area contributed by atoms with Crippen LogP contribution in [0.5, 0.6) is 0 Å². The molecule has 3 rings (SSSR count). The highest BCUT2D eigenvalue weighted by molar-refractivity contribution is 5.73. The molecule has 2 fully saturated rings. The van der Waals surface area contributed by atoms with Gasteiger partial charge in [0.15, 0.2) is 0 Å². The van der Waals surface area contributed by atoms with Crippen LogP contribution >= 0.6 is 0 Å². The average molecular weight is 316 g/mol. The predicted molar refractivity (Wildman–Crippen MR) is 90.8 cm³/mol. The minimum Gasteiger partial charge on any atom is -0.454 e. The van der Waals surface area contributed by atoms with Crippen LogP contribution in [0.1, 0.15) is 44.1 Å². The Hall–Kier alpha value is -1.39. The molecule has 1 aliphatic heterocycles. The van der Waals surface area contributed by atoms with Gasteiger partial charge in [0, 0.05) is 12.8 Å². The summed E-state index contributed by atoms with van der Waals surface area (Å²) in [6, 6.07) is 10.2. The molecule has 1 aromatic rings. The van der Waals surface area contributed by atoms with Gasteiger partial charge < -0.3 is 15.8 Å². The number of piperidine rings is 1. The van der Waals surface area contributed by atoms with Crippen molar-refractivity contribution in [2.45, 2.75) is 44.1 Å². The van der Waals surface area contributed by atoms with Crippen LogP contribution in [-0.4, -0.2) is 25.6 Å². The van der Waals surface area contributed by atoms with Gasteiger partial charge in [-0.1, -0.05) is 30.3 Å². The van der Waals surface area contributed by atoms with Gasteiger partial charge in [0.2, 0.25) is 0 Å². The fourth-order valence-electron chi connectivity index (χ4n) is 3.93. The molecular formula is C19H28N2O2. The first-order chi connectivity index (χ1) is 11.2. The van der Waals surface area contributed by atoms with Gasteiger partial charge in [-0.05, 0) is 56.8 Å². The van der Waals surface area contributed by atoms with Crippen LogP contribution in [0.2, 0.25) is 0 Å². The predicted octanol–water partition coefficient (Wildman–Crippen LogP) is 2.57. The molecule has 1 saturated carbocycles. The summed E-state index contributed by atoms with van der Waals surface area (Å²) >= 11 is 0. The zero-order valence-corrected chi connectivity index (χ0v) is 13.8. The normalized spacial score (nSPS) is 27.3. The Bertz CT molecular complexity index is 503. The lowest BCUT2D eigenvalue weighted by atomic mass is 9.81. The van der Waals surface area contributed by atoms with Crippen molar-refractivity contribution in [3.8, 4) is 0 Å². The van der Waals surface area contributed by atoms with Crippen LogP contribution in [0.3, 0.4) is 0 Å². The molecule has 0 amide bonds. The molecule has 0 bridgehead atoms. The molecule has 2 aliphatic rings. The smallest absolute Gasteiger partial charge is 0.309 e. The monoisotopic (exact) mass is 316 g/mol. The van der Waals surface area contributed by atoms with E-state index in [9.17, 15) is 4.79 Å². The van der Waals surface area contributed by atoms with Gasteiger partial charge in [0.1, 0.15) is 5.60 Å².